The van der Waals surface area contributed by atoms with Crippen molar-refractivity contribution in [1.29, 1.82) is 0 Å². The van der Waals surface area contributed by atoms with E-state index in [0.29, 0.717) is 11.1 Å². The van der Waals surface area contributed by atoms with Crippen LogP contribution in [0.25, 0.3) is 10.9 Å². The summed E-state index contributed by atoms with van der Waals surface area (Å²) >= 11 is 6.14. The zero-order valence-corrected chi connectivity index (χ0v) is 14.8. The van der Waals surface area contributed by atoms with Crippen molar-refractivity contribution in [2.45, 2.75) is 25.4 Å². The summed E-state index contributed by atoms with van der Waals surface area (Å²) in [4.78, 5) is 11.3. The predicted octanol–water partition coefficient (Wildman–Crippen LogP) is 4.36. The van der Waals surface area contributed by atoms with E-state index in [2.05, 4.69) is 50.5 Å². The van der Waals surface area contributed by atoms with Crippen molar-refractivity contribution < 1.29 is 0 Å². The van der Waals surface area contributed by atoms with Crippen molar-refractivity contribution in [2.75, 3.05) is 18.4 Å². The van der Waals surface area contributed by atoms with Gasteiger partial charge in [0.25, 0.3) is 0 Å². The number of hydrogen-bond acceptors (Lipinski definition) is 4. The van der Waals surface area contributed by atoms with Gasteiger partial charge in [0, 0.05) is 36.1 Å². The highest BCUT2D eigenvalue weighted by atomic mass is 35.5. The molecular weight excluding hydrogens is 332 g/mol. The number of hydrogen-bond donors (Lipinski definition) is 1. The lowest BCUT2D eigenvalue weighted by Gasteiger charge is -2.32. The Morgan fingerprint density at radius 1 is 1.04 bits per heavy atom. The van der Waals surface area contributed by atoms with Crippen molar-refractivity contribution in [3.63, 3.8) is 0 Å². The second kappa shape index (κ2) is 7.38. The van der Waals surface area contributed by atoms with Crippen molar-refractivity contribution >= 4 is 28.3 Å². The third-order valence-corrected chi connectivity index (χ3v) is 5.01. The van der Waals surface area contributed by atoms with E-state index in [1.807, 2.05) is 18.2 Å². The SMILES string of the molecule is Clc1ccc2ncnc(NC3CCN(Cc4ccccc4)CC3)c2c1. The van der Waals surface area contributed by atoms with E-state index in [4.69, 9.17) is 11.6 Å². The van der Waals surface area contributed by atoms with Crippen LogP contribution in [0.2, 0.25) is 5.02 Å². The summed E-state index contributed by atoms with van der Waals surface area (Å²) in [7, 11) is 0. The highest BCUT2D eigenvalue weighted by molar-refractivity contribution is 6.31. The minimum atomic E-state index is 0.434. The zero-order valence-electron chi connectivity index (χ0n) is 14.0. The molecule has 0 spiro atoms. The molecule has 0 radical (unpaired) electrons. The molecule has 2 aromatic carbocycles. The fourth-order valence-electron chi connectivity index (χ4n) is 3.41. The van der Waals surface area contributed by atoms with Gasteiger partial charge in [-0.05, 0) is 36.6 Å². The molecule has 4 nitrogen and oxygen atoms in total. The maximum Gasteiger partial charge on any atom is 0.137 e. The second-order valence-corrected chi connectivity index (χ2v) is 7.00. The maximum atomic E-state index is 6.14. The summed E-state index contributed by atoms with van der Waals surface area (Å²) < 4.78 is 0. The molecule has 3 aromatic rings. The third-order valence-electron chi connectivity index (χ3n) is 4.77. The minimum absolute atomic E-state index is 0.434. The number of aromatic nitrogens is 2. The summed E-state index contributed by atoms with van der Waals surface area (Å²) in [5.41, 5.74) is 2.30. The Hall–Kier alpha value is -2.17. The van der Waals surface area contributed by atoms with E-state index in [1.165, 1.54) is 5.56 Å². The average Bonchev–Trinajstić information content (AvgIpc) is 2.65. The van der Waals surface area contributed by atoms with Crippen LogP contribution in [0.4, 0.5) is 5.82 Å². The minimum Gasteiger partial charge on any atom is -0.367 e. The molecule has 2 heterocycles. The summed E-state index contributed by atoms with van der Waals surface area (Å²) in [5.74, 6) is 0.883. The number of nitrogens with zero attached hydrogens (tertiary/aromatic N) is 3. The number of anilines is 1. The molecule has 1 aromatic heterocycles. The van der Waals surface area contributed by atoms with Gasteiger partial charge in [-0.25, -0.2) is 9.97 Å². The van der Waals surface area contributed by atoms with Gasteiger partial charge in [-0.2, -0.15) is 0 Å². The first-order valence-corrected chi connectivity index (χ1v) is 9.09. The van der Waals surface area contributed by atoms with Crippen LogP contribution in [0, 0.1) is 0 Å². The zero-order chi connectivity index (χ0) is 17.1. The molecule has 4 rings (SSSR count). The van der Waals surface area contributed by atoms with Crippen molar-refractivity contribution in [3.8, 4) is 0 Å². The lowest BCUT2D eigenvalue weighted by atomic mass is 10.0. The summed E-state index contributed by atoms with van der Waals surface area (Å²) in [6, 6.07) is 16.8. The Morgan fingerprint density at radius 3 is 2.64 bits per heavy atom. The number of likely N-dealkylation sites (tertiary alicyclic amines) is 1. The normalized spacial score (nSPS) is 16.2. The number of piperidine rings is 1. The van der Waals surface area contributed by atoms with E-state index in [-0.39, 0.29) is 0 Å². The molecule has 1 saturated heterocycles. The highest BCUT2D eigenvalue weighted by Gasteiger charge is 2.20. The number of nitrogens with one attached hydrogen (secondary N) is 1. The fraction of sp³-hybridized carbons (Fsp3) is 0.300. The van der Waals surface area contributed by atoms with Gasteiger partial charge in [0.1, 0.15) is 12.1 Å². The van der Waals surface area contributed by atoms with Crippen LogP contribution in [0.1, 0.15) is 18.4 Å². The molecule has 5 heteroatoms. The molecule has 1 fully saturated rings. The van der Waals surface area contributed by atoms with Gasteiger partial charge in [0.05, 0.1) is 5.52 Å². The van der Waals surface area contributed by atoms with Crippen molar-refractivity contribution in [2.24, 2.45) is 0 Å². The van der Waals surface area contributed by atoms with Crippen LogP contribution < -0.4 is 5.32 Å². The molecule has 1 N–H and O–H groups in total. The largest absolute Gasteiger partial charge is 0.367 e. The predicted molar refractivity (Wildman–Crippen MR) is 103 cm³/mol. The second-order valence-electron chi connectivity index (χ2n) is 6.56. The monoisotopic (exact) mass is 352 g/mol. The first-order chi connectivity index (χ1) is 12.3. The first kappa shape index (κ1) is 16.3. The van der Waals surface area contributed by atoms with Crippen molar-refractivity contribution in [1.82, 2.24) is 14.9 Å². The van der Waals surface area contributed by atoms with Gasteiger partial charge in [-0.1, -0.05) is 41.9 Å². The van der Waals surface area contributed by atoms with Crippen LogP contribution in [0.15, 0.2) is 54.9 Å². The van der Waals surface area contributed by atoms with Crippen LogP contribution >= 0.6 is 11.6 Å². The van der Waals surface area contributed by atoms with E-state index in [9.17, 15) is 0 Å². The summed E-state index contributed by atoms with van der Waals surface area (Å²) in [6.45, 7) is 3.21. The van der Waals surface area contributed by atoms with E-state index in [1.54, 1.807) is 6.33 Å². The first-order valence-electron chi connectivity index (χ1n) is 8.71. The van der Waals surface area contributed by atoms with Crippen LogP contribution in [0.3, 0.4) is 0 Å². The Kier molecular flexibility index (Phi) is 4.81. The van der Waals surface area contributed by atoms with Crippen molar-refractivity contribution in [3.05, 3.63) is 65.4 Å². The van der Waals surface area contributed by atoms with Gasteiger partial charge in [-0.3, -0.25) is 4.90 Å². The Labute approximate surface area is 152 Å². The molecular formula is C20H21ClN4. The van der Waals surface area contributed by atoms with E-state index in [0.717, 1.165) is 49.2 Å². The summed E-state index contributed by atoms with van der Waals surface area (Å²) in [6.07, 6.45) is 3.83. The van der Waals surface area contributed by atoms with Gasteiger partial charge >= 0.3 is 0 Å². The smallest absolute Gasteiger partial charge is 0.137 e. The van der Waals surface area contributed by atoms with E-state index < -0.39 is 0 Å². The maximum absolute atomic E-state index is 6.14. The molecule has 25 heavy (non-hydrogen) atoms. The molecule has 1 aliphatic rings. The fourth-order valence-corrected chi connectivity index (χ4v) is 3.59. The Bertz CT molecular complexity index is 845. The molecule has 1 aliphatic heterocycles. The lowest BCUT2D eigenvalue weighted by Crippen LogP contribution is -2.38. The van der Waals surface area contributed by atoms with Crippen LogP contribution in [-0.4, -0.2) is 34.0 Å². The topological polar surface area (TPSA) is 41.1 Å². The van der Waals surface area contributed by atoms with Gasteiger partial charge < -0.3 is 5.32 Å². The molecule has 0 aliphatic carbocycles. The molecule has 128 valence electrons. The lowest BCUT2D eigenvalue weighted by molar-refractivity contribution is 0.211. The van der Waals surface area contributed by atoms with Crippen LogP contribution in [0.5, 0.6) is 0 Å². The standard InChI is InChI=1S/C20H21ClN4/c21-16-6-7-19-18(12-16)20(23-14-22-19)24-17-8-10-25(11-9-17)13-15-4-2-1-3-5-15/h1-7,12,14,17H,8-11,13H2,(H,22,23,24). The Morgan fingerprint density at radius 2 is 1.84 bits per heavy atom. The molecule has 0 unspecified atom stereocenters. The highest BCUT2D eigenvalue weighted by Crippen LogP contribution is 2.25. The van der Waals surface area contributed by atoms with Gasteiger partial charge in [0.15, 0.2) is 0 Å². The number of benzene rings is 2. The number of fused-ring (bicyclic) bond motifs is 1. The Balaban J connectivity index is 1.40. The number of halogens is 1. The molecule has 0 atom stereocenters. The van der Waals surface area contributed by atoms with Gasteiger partial charge in [0.2, 0.25) is 0 Å². The van der Waals surface area contributed by atoms with Gasteiger partial charge in [-0.15, -0.1) is 0 Å². The van der Waals surface area contributed by atoms with E-state index >= 15 is 0 Å². The number of rotatable bonds is 4. The molecule has 0 saturated carbocycles. The molecule has 0 bridgehead atoms. The average molecular weight is 353 g/mol. The third kappa shape index (κ3) is 3.91. The quantitative estimate of drug-likeness (QED) is 0.757. The van der Waals surface area contributed by atoms with Crippen LogP contribution in [-0.2, 0) is 6.54 Å². The summed E-state index contributed by atoms with van der Waals surface area (Å²) in [5, 5.41) is 5.30. The molecule has 0 amide bonds.